The van der Waals surface area contributed by atoms with Crippen LogP contribution < -0.4 is 11.5 Å². The number of hydroxylamine groups is 2. The average Bonchev–Trinajstić information content (AvgIpc) is 2.77. The number of carbonyl (C=O) groups excluding carboxylic acids is 1. The van der Waals surface area contributed by atoms with Crippen LogP contribution in [0.3, 0.4) is 0 Å². The molecular formula is C20H24F6N6O5. The first-order valence-corrected chi connectivity index (χ1v) is 10.6. The largest absolute Gasteiger partial charge is 0.454 e. The number of β-amino-alcohol motifs (C(OH)–C–C–N with tert-alkyl or cyclic N) is 1. The Morgan fingerprint density at radius 1 is 1.08 bits per heavy atom. The minimum atomic E-state index is -5.20. The summed E-state index contributed by atoms with van der Waals surface area (Å²) in [6.07, 6.45) is -12.1. The van der Waals surface area contributed by atoms with Gasteiger partial charge in [0.2, 0.25) is 5.96 Å². The summed E-state index contributed by atoms with van der Waals surface area (Å²) in [5.74, 6) is -2.28. The van der Waals surface area contributed by atoms with E-state index in [-0.39, 0.29) is 30.7 Å². The van der Waals surface area contributed by atoms with Gasteiger partial charge in [0.15, 0.2) is 5.96 Å². The van der Waals surface area contributed by atoms with Crippen molar-refractivity contribution < 1.29 is 51.3 Å². The van der Waals surface area contributed by atoms with Crippen LogP contribution in [0.15, 0.2) is 28.2 Å². The fraction of sp³-hybridized carbons (Fsp3) is 0.550. The Balaban J connectivity index is 2.01. The highest BCUT2D eigenvalue weighted by Crippen LogP contribution is 2.36. The number of alkyl halides is 6. The standard InChI is InChI=1S/C20H24F6N6O5/c1-18(35)8-32(36)17(28)29-12-5-31(16(27)30-13(12)7-33)6-14(18)37-15(34)9-2-10(19(21,22)23)4-11(3-9)20(24,25)26/h2-4,12-14,33,35-36H,5-8H2,1H3,(H2,27,30)(H2,28,29)/t12?,13-,14-,18+/m0/s1. The first kappa shape index (κ1) is 28.3. The minimum Gasteiger partial charge on any atom is -0.454 e. The summed E-state index contributed by atoms with van der Waals surface area (Å²) >= 11 is 0. The molecule has 0 aromatic heterocycles. The van der Waals surface area contributed by atoms with Crippen LogP contribution in [-0.2, 0) is 17.1 Å². The summed E-state index contributed by atoms with van der Waals surface area (Å²) in [5.41, 5.74) is 4.93. The minimum absolute atomic E-state index is 0.0962. The number of aliphatic imine (C=N–C) groups is 2. The molecule has 0 saturated carbocycles. The van der Waals surface area contributed by atoms with Gasteiger partial charge in [0.05, 0.1) is 42.4 Å². The molecule has 3 rings (SSSR count). The molecule has 1 unspecified atom stereocenters. The van der Waals surface area contributed by atoms with E-state index in [2.05, 4.69) is 9.98 Å². The fourth-order valence-electron chi connectivity index (χ4n) is 3.79. The van der Waals surface area contributed by atoms with Gasteiger partial charge in [-0.3, -0.25) is 5.21 Å². The normalized spacial score (nSPS) is 27.4. The number of rotatable bonds is 3. The van der Waals surface area contributed by atoms with Gasteiger partial charge in [0.25, 0.3) is 0 Å². The molecule has 7 N–H and O–H groups in total. The maximum absolute atomic E-state index is 13.2. The lowest BCUT2D eigenvalue weighted by Gasteiger charge is -2.42. The van der Waals surface area contributed by atoms with Crippen molar-refractivity contribution in [3.8, 4) is 0 Å². The van der Waals surface area contributed by atoms with Gasteiger partial charge in [-0.25, -0.2) is 19.8 Å². The number of aliphatic hydroxyl groups excluding tert-OH is 1. The van der Waals surface area contributed by atoms with Gasteiger partial charge in [0.1, 0.15) is 17.7 Å². The Morgan fingerprint density at radius 3 is 2.16 bits per heavy atom. The number of benzene rings is 1. The molecule has 1 aromatic rings. The molecule has 0 amide bonds. The van der Waals surface area contributed by atoms with E-state index in [1.54, 1.807) is 0 Å². The zero-order chi connectivity index (χ0) is 27.9. The first-order chi connectivity index (χ1) is 16.9. The number of esters is 1. The van der Waals surface area contributed by atoms with Crippen LogP contribution in [0.25, 0.3) is 0 Å². The summed E-state index contributed by atoms with van der Waals surface area (Å²) in [6, 6.07) is -1.47. The molecule has 17 heteroatoms. The van der Waals surface area contributed by atoms with Crippen molar-refractivity contribution in [3.63, 3.8) is 0 Å². The summed E-state index contributed by atoms with van der Waals surface area (Å²) in [6.45, 7) is -0.688. The van der Waals surface area contributed by atoms with E-state index in [0.717, 1.165) is 6.92 Å². The van der Waals surface area contributed by atoms with Crippen LogP contribution >= 0.6 is 0 Å². The first-order valence-electron chi connectivity index (χ1n) is 10.6. The van der Waals surface area contributed by atoms with Gasteiger partial charge in [0, 0.05) is 6.54 Å². The third-order valence-corrected chi connectivity index (χ3v) is 5.85. The molecular weight excluding hydrogens is 518 g/mol. The van der Waals surface area contributed by atoms with Crippen molar-refractivity contribution in [3.05, 3.63) is 34.9 Å². The number of aliphatic hydroxyl groups is 2. The van der Waals surface area contributed by atoms with Gasteiger partial charge in [-0.1, -0.05) is 0 Å². The lowest BCUT2D eigenvalue weighted by Crippen LogP contribution is -2.61. The number of halogens is 6. The van der Waals surface area contributed by atoms with Crippen LogP contribution in [-0.4, -0.2) is 93.3 Å². The fourth-order valence-corrected chi connectivity index (χ4v) is 3.79. The molecule has 0 aliphatic carbocycles. The molecule has 0 radical (unpaired) electrons. The number of carbonyl (C=O) groups is 1. The summed E-state index contributed by atoms with van der Waals surface area (Å²) in [5, 5.41) is 31.1. The van der Waals surface area contributed by atoms with E-state index < -0.39 is 84.5 Å². The van der Waals surface area contributed by atoms with E-state index in [4.69, 9.17) is 16.2 Å². The number of nitrogens with two attached hydrogens (primary N) is 2. The third-order valence-electron chi connectivity index (χ3n) is 5.85. The third kappa shape index (κ3) is 6.34. The molecule has 37 heavy (non-hydrogen) atoms. The predicted molar refractivity (Wildman–Crippen MR) is 114 cm³/mol. The number of nitrogens with zero attached hydrogens (tertiary/aromatic N) is 4. The van der Waals surface area contributed by atoms with Crippen molar-refractivity contribution in [1.29, 1.82) is 0 Å². The van der Waals surface area contributed by atoms with Crippen LogP contribution in [0.2, 0.25) is 0 Å². The van der Waals surface area contributed by atoms with Crippen LogP contribution in [0, 0.1) is 0 Å². The lowest BCUT2D eigenvalue weighted by molar-refractivity contribution is -0.143. The summed E-state index contributed by atoms with van der Waals surface area (Å²) in [7, 11) is 0. The molecule has 1 aromatic carbocycles. The Labute approximate surface area is 205 Å². The Kier molecular flexibility index (Phi) is 7.54. The monoisotopic (exact) mass is 542 g/mol. The Hall–Kier alpha value is -3.31. The number of hydrogen-bond donors (Lipinski definition) is 5. The van der Waals surface area contributed by atoms with Gasteiger partial charge in [-0.15, -0.1) is 0 Å². The zero-order valence-electron chi connectivity index (χ0n) is 19.2. The Bertz CT molecular complexity index is 1060. The van der Waals surface area contributed by atoms with Crippen LogP contribution in [0.4, 0.5) is 26.3 Å². The number of fused-ring (bicyclic) bond motifs is 2. The van der Waals surface area contributed by atoms with Gasteiger partial charge >= 0.3 is 18.3 Å². The molecule has 2 bridgehead atoms. The number of ether oxygens (including phenoxy) is 1. The topological polar surface area (TPSA) is 170 Å². The van der Waals surface area contributed by atoms with E-state index in [9.17, 15) is 46.6 Å². The van der Waals surface area contributed by atoms with Gasteiger partial charge in [-0.2, -0.15) is 26.3 Å². The van der Waals surface area contributed by atoms with E-state index >= 15 is 0 Å². The molecule has 2 heterocycles. The number of guanidine groups is 2. The quantitative estimate of drug-likeness (QED) is 0.268. The van der Waals surface area contributed by atoms with Crippen molar-refractivity contribution in [2.24, 2.45) is 21.5 Å². The number of hydrogen-bond acceptors (Lipinski definition) is 11. The second kappa shape index (κ2) is 9.86. The molecule has 206 valence electrons. The summed E-state index contributed by atoms with van der Waals surface area (Å²) < 4.78 is 84.5. The second-order valence-corrected chi connectivity index (χ2v) is 8.80. The molecule has 0 spiro atoms. The molecule has 0 fully saturated rings. The SMILES string of the molecule is C[C@@]1(O)CN(O)C(N)=NC2CN(C[C@@H]1OC(=O)c1cc(C(F)(F)F)cc(C(F)(F)F)c1)C(N)=N[C@H]2CO. The van der Waals surface area contributed by atoms with Crippen molar-refractivity contribution in [2.45, 2.75) is 43.1 Å². The maximum atomic E-state index is 13.2. The van der Waals surface area contributed by atoms with Crippen LogP contribution in [0.5, 0.6) is 0 Å². The predicted octanol–water partition coefficient (Wildman–Crippen LogP) is 0.380. The van der Waals surface area contributed by atoms with E-state index in [1.165, 1.54) is 4.90 Å². The zero-order valence-corrected chi connectivity index (χ0v) is 19.2. The van der Waals surface area contributed by atoms with Gasteiger partial charge < -0.3 is 31.3 Å². The van der Waals surface area contributed by atoms with Crippen molar-refractivity contribution in [1.82, 2.24) is 9.96 Å². The highest BCUT2D eigenvalue weighted by Gasteiger charge is 2.43. The molecule has 2 aliphatic heterocycles. The second-order valence-electron chi connectivity index (χ2n) is 8.80. The molecule has 2 aliphatic rings. The summed E-state index contributed by atoms with van der Waals surface area (Å²) in [4.78, 5) is 22.2. The lowest BCUT2D eigenvalue weighted by atomic mass is 9.96. The van der Waals surface area contributed by atoms with Gasteiger partial charge in [-0.05, 0) is 25.1 Å². The maximum Gasteiger partial charge on any atom is 0.416 e. The molecule has 11 nitrogen and oxygen atoms in total. The molecule has 0 saturated heterocycles. The van der Waals surface area contributed by atoms with E-state index in [0.29, 0.717) is 5.06 Å². The highest BCUT2D eigenvalue weighted by molar-refractivity contribution is 5.90. The van der Waals surface area contributed by atoms with Crippen molar-refractivity contribution in [2.75, 3.05) is 26.2 Å². The Morgan fingerprint density at radius 2 is 1.65 bits per heavy atom. The van der Waals surface area contributed by atoms with E-state index in [1.807, 2.05) is 0 Å². The average molecular weight is 542 g/mol. The smallest absolute Gasteiger partial charge is 0.416 e. The highest BCUT2D eigenvalue weighted by atomic mass is 19.4. The van der Waals surface area contributed by atoms with Crippen LogP contribution in [0.1, 0.15) is 28.4 Å². The molecule has 4 atom stereocenters. The van der Waals surface area contributed by atoms with Crippen molar-refractivity contribution >= 4 is 17.9 Å².